The molecule has 1 aliphatic rings. The Bertz CT molecular complexity index is 558. The minimum absolute atomic E-state index is 0.0656. The summed E-state index contributed by atoms with van der Waals surface area (Å²) in [4.78, 5) is 16.4. The van der Waals surface area contributed by atoms with Gasteiger partial charge in [-0.3, -0.25) is 9.79 Å². The number of nitrogens with one attached hydrogen (secondary N) is 2. The Balaban J connectivity index is 2.14. The molecule has 0 aromatic heterocycles. The molecule has 2 rings (SSSR count). The van der Waals surface area contributed by atoms with E-state index in [4.69, 9.17) is 4.74 Å². The highest BCUT2D eigenvalue weighted by atomic mass is 16.5. The van der Waals surface area contributed by atoms with Crippen LogP contribution in [0, 0.1) is 0 Å². The highest BCUT2D eigenvalue weighted by molar-refractivity contribution is 6.25. The van der Waals surface area contributed by atoms with Gasteiger partial charge in [0.1, 0.15) is 22.9 Å². The normalized spacial score (nSPS) is 15.0. The third-order valence-corrected chi connectivity index (χ3v) is 2.85. The third kappa shape index (κ3) is 3.09. The fourth-order valence-electron chi connectivity index (χ4n) is 1.88. The molecule has 6 nitrogen and oxygen atoms in total. The molecule has 0 atom stereocenters. The van der Waals surface area contributed by atoms with Gasteiger partial charge in [0.2, 0.25) is 0 Å². The second-order valence-corrected chi connectivity index (χ2v) is 4.30. The van der Waals surface area contributed by atoms with Gasteiger partial charge in [-0.1, -0.05) is 0 Å². The molecule has 0 saturated carbocycles. The van der Waals surface area contributed by atoms with Gasteiger partial charge in [0.05, 0.1) is 13.7 Å². The molecule has 0 fully saturated rings. The standard InChI is InChI=1S/C14H17N3O3/c1-9(18)12(13-15-7-8-16-13)14(19)17-10-3-5-11(20-2)6-4-10/h3-6,18H,7-8H2,1-2H3,(H,15,16)(H,17,19)/b12-9-. The summed E-state index contributed by atoms with van der Waals surface area (Å²) in [5, 5.41) is 15.4. The van der Waals surface area contributed by atoms with Crippen molar-refractivity contribution in [3.63, 3.8) is 0 Å². The van der Waals surface area contributed by atoms with E-state index in [1.54, 1.807) is 31.4 Å². The van der Waals surface area contributed by atoms with Gasteiger partial charge in [0, 0.05) is 12.2 Å². The molecule has 1 aliphatic heterocycles. The monoisotopic (exact) mass is 275 g/mol. The lowest BCUT2D eigenvalue weighted by molar-refractivity contribution is -0.112. The fourth-order valence-corrected chi connectivity index (χ4v) is 1.88. The molecule has 0 spiro atoms. The van der Waals surface area contributed by atoms with Gasteiger partial charge < -0.3 is 20.5 Å². The topological polar surface area (TPSA) is 83.0 Å². The van der Waals surface area contributed by atoms with E-state index in [9.17, 15) is 9.90 Å². The number of ether oxygens (including phenoxy) is 1. The van der Waals surface area contributed by atoms with Crippen molar-refractivity contribution in [3.8, 4) is 5.75 Å². The number of amides is 1. The number of aliphatic hydroxyl groups is 1. The van der Waals surface area contributed by atoms with Crippen LogP contribution in [0.5, 0.6) is 5.75 Å². The number of allylic oxidation sites excluding steroid dienone is 1. The Morgan fingerprint density at radius 1 is 1.40 bits per heavy atom. The van der Waals surface area contributed by atoms with Gasteiger partial charge in [-0.2, -0.15) is 0 Å². The quantitative estimate of drug-likeness (QED) is 0.574. The predicted molar refractivity (Wildman–Crippen MR) is 77.3 cm³/mol. The summed E-state index contributed by atoms with van der Waals surface area (Å²) in [5.74, 6) is 0.669. The molecule has 0 radical (unpaired) electrons. The molecule has 0 aliphatic carbocycles. The summed E-state index contributed by atoms with van der Waals surface area (Å²) in [5.41, 5.74) is 0.784. The number of hydrogen-bond acceptors (Lipinski definition) is 5. The van der Waals surface area contributed by atoms with Gasteiger partial charge >= 0.3 is 0 Å². The van der Waals surface area contributed by atoms with Gasteiger partial charge in [0.15, 0.2) is 0 Å². The maximum absolute atomic E-state index is 12.2. The SMILES string of the molecule is COc1ccc(NC(=O)/C(C2=NCCN2)=C(/C)O)cc1. The number of anilines is 1. The first-order chi connectivity index (χ1) is 9.61. The Hall–Kier alpha value is -2.50. The second-order valence-electron chi connectivity index (χ2n) is 4.30. The summed E-state index contributed by atoms with van der Waals surface area (Å²) in [7, 11) is 1.58. The van der Waals surface area contributed by atoms with Crippen molar-refractivity contribution in [3.05, 3.63) is 35.6 Å². The lowest BCUT2D eigenvalue weighted by atomic mass is 10.2. The number of amidine groups is 1. The Kier molecular flexibility index (Phi) is 4.24. The van der Waals surface area contributed by atoms with Gasteiger partial charge in [0.25, 0.3) is 5.91 Å². The number of aliphatic hydroxyl groups excluding tert-OH is 1. The Morgan fingerprint density at radius 3 is 2.60 bits per heavy atom. The third-order valence-electron chi connectivity index (χ3n) is 2.85. The highest BCUT2D eigenvalue weighted by Crippen LogP contribution is 2.16. The number of methoxy groups -OCH3 is 1. The van der Waals surface area contributed by atoms with E-state index in [1.807, 2.05) is 0 Å². The molecule has 3 N–H and O–H groups in total. The Morgan fingerprint density at radius 2 is 2.10 bits per heavy atom. The minimum atomic E-state index is -0.400. The molecule has 20 heavy (non-hydrogen) atoms. The number of rotatable bonds is 4. The number of carbonyl (C=O) groups excluding carboxylic acids is 1. The predicted octanol–water partition coefficient (Wildman–Crippen LogP) is 1.47. The first-order valence-electron chi connectivity index (χ1n) is 6.25. The lowest BCUT2D eigenvalue weighted by Crippen LogP contribution is -2.29. The molecule has 1 heterocycles. The number of nitrogens with zero attached hydrogens (tertiary/aromatic N) is 1. The van der Waals surface area contributed by atoms with Crippen LogP contribution in [0.15, 0.2) is 40.6 Å². The molecule has 0 bridgehead atoms. The van der Waals surface area contributed by atoms with E-state index in [0.29, 0.717) is 30.4 Å². The summed E-state index contributed by atoms with van der Waals surface area (Å²) >= 11 is 0. The van der Waals surface area contributed by atoms with E-state index in [2.05, 4.69) is 15.6 Å². The lowest BCUT2D eigenvalue weighted by Gasteiger charge is -2.11. The fraction of sp³-hybridized carbons (Fsp3) is 0.286. The first-order valence-corrected chi connectivity index (χ1v) is 6.25. The molecule has 1 amide bonds. The highest BCUT2D eigenvalue weighted by Gasteiger charge is 2.21. The largest absolute Gasteiger partial charge is 0.512 e. The van der Waals surface area contributed by atoms with Crippen molar-refractivity contribution in [1.82, 2.24) is 5.32 Å². The second kappa shape index (κ2) is 6.10. The van der Waals surface area contributed by atoms with Crippen LogP contribution in [0.3, 0.4) is 0 Å². The van der Waals surface area contributed by atoms with Crippen LogP contribution >= 0.6 is 0 Å². The van der Waals surface area contributed by atoms with Crippen LogP contribution in [-0.4, -0.2) is 37.0 Å². The van der Waals surface area contributed by atoms with Crippen molar-refractivity contribution >= 4 is 17.4 Å². The summed E-state index contributed by atoms with van der Waals surface area (Å²) in [6, 6.07) is 6.95. The zero-order valence-corrected chi connectivity index (χ0v) is 11.4. The van der Waals surface area contributed by atoms with Gasteiger partial charge in [-0.15, -0.1) is 0 Å². The van der Waals surface area contributed by atoms with Crippen molar-refractivity contribution in [2.24, 2.45) is 4.99 Å². The molecule has 6 heteroatoms. The van der Waals surface area contributed by atoms with Crippen molar-refractivity contribution in [1.29, 1.82) is 0 Å². The van der Waals surface area contributed by atoms with E-state index in [1.165, 1.54) is 6.92 Å². The first kappa shape index (κ1) is 13.9. The molecular weight excluding hydrogens is 258 g/mol. The van der Waals surface area contributed by atoms with Crippen LogP contribution in [-0.2, 0) is 4.79 Å². The molecular formula is C14H17N3O3. The summed E-state index contributed by atoms with van der Waals surface area (Å²) in [6.07, 6.45) is 0. The number of aliphatic imine (C=N–C) groups is 1. The molecule has 0 saturated heterocycles. The molecule has 1 aromatic rings. The number of carbonyl (C=O) groups is 1. The zero-order valence-electron chi connectivity index (χ0n) is 11.4. The van der Waals surface area contributed by atoms with Crippen molar-refractivity contribution in [2.75, 3.05) is 25.5 Å². The minimum Gasteiger partial charge on any atom is -0.512 e. The maximum atomic E-state index is 12.2. The van der Waals surface area contributed by atoms with Gasteiger partial charge in [-0.05, 0) is 31.2 Å². The van der Waals surface area contributed by atoms with Crippen LogP contribution in [0.4, 0.5) is 5.69 Å². The Labute approximate surface area is 117 Å². The van der Waals surface area contributed by atoms with Crippen LogP contribution < -0.4 is 15.4 Å². The summed E-state index contributed by atoms with van der Waals surface area (Å²) < 4.78 is 5.05. The van der Waals surface area contributed by atoms with Crippen LogP contribution in [0.2, 0.25) is 0 Å². The zero-order chi connectivity index (χ0) is 14.5. The molecule has 0 unspecified atom stereocenters. The van der Waals surface area contributed by atoms with E-state index >= 15 is 0 Å². The van der Waals surface area contributed by atoms with Crippen LogP contribution in [0.25, 0.3) is 0 Å². The summed E-state index contributed by atoms with van der Waals surface area (Å²) in [6.45, 7) is 2.73. The van der Waals surface area contributed by atoms with Crippen molar-refractivity contribution in [2.45, 2.75) is 6.92 Å². The van der Waals surface area contributed by atoms with Crippen molar-refractivity contribution < 1.29 is 14.6 Å². The molecule has 1 aromatic carbocycles. The van der Waals surface area contributed by atoms with Gasteiger partial charge in [-0.25, -0.2) is 0 Å². The number of hydrogen-bond donors (Lipinski definition) is 3. The van der Waals surface area contributed by atoms with E-state index < -0.39 is 5.91 Å². The average molecular weight is 275 g/mol. The number of benzene rings is 1. The maximum Gasteiger partial charge on any atom is 0.262 e. The molecule has 106 valence electrons. The smallest absolute Gasteiger partial charge is 0.262 e. The average Bonchev–Trinajstić information content (AvgIpc) is 2.93. The van der Waals surface area contributed by atoms with Crippen LogP contribution in [0.1, 0.15) is 6.92 Å². The van der Waals surface area contributed by atoms with E-state index in [-0.39, 0.29) is 11.3 Å². The van der Waals surface area contributed by atoms with E-state index in [0.717, 1.165) is 0 Å².